The van der Waals surface area contributed by atoms with Crippen LogP contribution in [0.15, 0.2) is 48.5 Å². The minimum absolute atomic E-state index is 0.365. The molecule has 0 amide bonds. The summed E-state index contributed by atoms with van der Waals surface area (Å²) in [5.41, 5.74) is 7.56. The van der Waals surface area contributed by atoms with Gasteiger partial charge in [-0.1, -0.05) is 0 Å². The Labute approximate surface area is 158 Å². The molecule has 0 saturated carbocycles. The zero-order valence-corrected chi connectivity index (χ0v) is 15.5. The van der Waals surface area contributed by atoms with E-state index < -0.39 is 0 Å². The second-order valence-electron chi connectivity index (χ2n) is 5.65. The fraction of sp³-hybridized carbons (Fsp3) is 0.200. The Morgan fingerprint density at radius 1 is 0.926 bits per heavy atom. The van der Waals surface area contributed by atoms with Crippen molar-refractivity contribution in [1.82, 2.24) is 9.97 Å². The van der Waals surface area contributed by atoms with Crippen LogP contribution < -0.4 is 25.3 Å². The zero-order chi connectivity index (χ0) is 19.2. The van der Waals surface area contributed by atoms with Crippen LogP contribution in [-0.4, -0.2) is 30.8 Å². The third kappa shape index (κ3) is 4.38. The fourth-order valence-corrected chi connectivity index (χ4v) is 2.57. The molecule has 0 radical (unpaired) electrons. The molecule has 0 atom stereocenters. The summed E-state index contributed by atoms with van der Waals surface area (Å²) in [5.74, 6) is 3.59. The number of nitrogens with one attached hydrogen (secondary N) is 1. The van der Waals surface area contributed by atoms with Crippen LogP contribution in [0.25, 0.3) is 11.4 Å². The highest BCUT2D eigenvalue weighted by atomic mass is 16.5. The molecule has 1 aromatic heterocycles. The van der Waals surface area contributed by atoms with E-state index in [0.29, 0.717) is 35.6 Å². The summed E-state index contributed by atoms with van der Waals surface area (Å²) in [5, 5.41) is 3.22. The number of nitrogens with two attached hydrogens (primary N) is 1. The Kier molecular flexibility index (Phi) is 5.61. The quantitative estimate of drug-likeness (QED) is 0.655. The maximum absolute atomic E-state index is 5.98. The second kappa shape index (κ2) is 8.27. The van der Waals surface area contributed by atoms with E-state index in [1.807, 2.05) is 43.3 Å². The number of ether oxygens (including phenoxy) is 3. The predicted molar refractivity (Wildman–Crippen MR) is 106 cm³/mol. The van der Waals surface area contributed by atoms with Gasteiger partial charge in [0.25, 0.3) is 0 Å². The van der Waals surface area contributed by atoms with Crippen LogP contribution in [-0.2, 0) is 0 Å². The number of nitrogens with zero attached hydrogens (tertiary/aromatic N) is 2. The Bertz CT molecular complexity index is 914. The van der Waals surface area contributed by atoms with Crippen molar-refractivity contribution in [2.75, 3.05) is 31.9 Å². The first-order valence-electron chi connectivity index (χ1n) is 8.49. The van der Waals surface area contributed by atoms with Crippen molar-refractivity contribution in [2.45, 2.75) is 6.92 Å². The SMILES string of the molecule is CCOc1ccc(-c2nc(N)cc(Nc3ccc(OC)cc3OC)n2)cc1. The van der Waals surface area contributed by atoms with E-state index in [1.54, 1.807) is 26.4 Å². The Balaban J connectivity index is 1.89. The van der Waals surface area contributed by atoms with Crippen LogP contribution in [0.5, 0.6) is 17.2 Å². The lowest BCUT2D eigenvalue weighted by molar-refractivity contribution is 0.340. The molecule has 0 saturated heterocycles. The topological polar surface area (TPSA) is 91.5 Å². The van der Waals surface area contributed by atoms with Crippen molar-refractivity contribution >= 4 is 17.3 Å². The summed E-state index contributed by atoms with van der Waals surface area (Å²) in [6.07, 6.45) is 0. The van der Waals surface area contributed by atoms with Crippen molar-refractivity contribution in [3.05, 3.63) is 48.5 Å². The first-order chi connectivity index (χ1) is 13.1. The molecule has 2 aromatic carbocycles. The molecule has 0 aliphatic rings. The van der Waals surface area contributed by atoms with Gasteiger partial charge in [0.15, 0.2) is 5.82 Å². The van der Waals surface area contributed by atoms with Crippen LogP contribution in [0, 0.1) is 0 Å². The van der Waals surface area contributed by atoms with Crippen molar-refractivity contribution in [3.8, 4) is 28.6 Å². The number of benzene rings is 2. The smallest absolute Gasteiger partial charge is 0.163 e. The zero-order valence-electron chi connectivity index (χ0n) is 15.5. The van der Waals surface area contributed by atoms with Crippen molar-refractivity contribution in [1.29, 1.82) is 0 Å². The van der Waals surface area contributed by atoms with Gasteiger partial charge >= 0.3 is 0 Å². The lowest BCUT2D eigenvalue weighted by Crippen LogP contribution is -2.02. The molecular formula is C20H22N4O3. The summed E-state index contributed by atoms with van der Waals surface area (Å²) in [6.45, 7) is 2.56. The molecule has 3 aromatic rings. The van der Waals surface area contributed by atoms with E-state index in [1.165, 1.54) is 0 Å². The molecule has 3 N–H and O–H groups in total. The van der Waals surface area contributed by atoms with E-state index in [0.717, 1.165) is 17.0 Å². The first kappa shape index (κ1) is 18.3. The highest BCUT2D eigenvalue weighted by Crippen LogP contribution is 2.32. The highest BCUT2D eigenvalue weighted by Gasteiger charge is 2.10. The van der Waals surface area contributed by atoms with E-state index in [9.17, 15) is 0 Å². The van der Waals surface area contributed by atoms with E-state index in [-0.39, 0.29) is 0 Å². The van der Waals surface area contributed by atoms with Crippen molar-refractivity contribution < 1.29 is 14.2 Å². The van der Waals surface area contributed by atoms with Gasteiger partial charge in [-0.05, 0) is 43.3 Å². The molecule has 27 heavy (non-hydrogen) atoms. The number of aromatic nitrogens is 2. The maximum atomic E-state index is 5.98. The van der Waals surface area contributed by atoms with Crippen LogP contribution in [0.2, 0.25) is 0 Å². The molecule has 0 aliphatic carbocycles. The molecule has 7 heteroatoms. The number of anilines is 3. The average molecular weight is 366 g/mol. The number of methoxy groups -OCH3 is 2. The molecule has 0 bridgehead atoms. The number of hydrogen-bond donors (Lipinski definition) is 2. The van der Waals surface area contributed by atoms with Gasteiger partial charge in [-0.25, -0.2) is 9.97 Å². The van der Waals surface area contributed by atoms with Gasteiger partial charge in [-0.2, -0.15) is 0 Å². The molecule has 3 rings (SSSR count). The number of hydrogen-bond acceptors (Lipinski definition) is 7. The number of nitrogen functional groups attached to an aromatic ring is 1. The molecule has 0 unspecified atom stereocenters. The Morgan fingerprint density at radius 2 is 1.67 bits per heavy atom. The van der Waals surface area contributed by atoms with Gasteiger partial charge in [-0.15, -0.1) is 0 Å². The molecule has 7 nitrogen and oxygen atoms in total. The molecular weight excluding hydrogens is 344 g/mol. The second-order valence-corrected chi connectivity index (χ2v) is 5.65. The fourth-order valence-electron chi connectivity index (χ4n) is 2.57. The van der Waals surface area contributed by atoms with Crippen molar-refractivity contribution in [2.24, 2.45) is 0 Å². The van der Waals surface area contributed by atoms with Gasteiger partial charge in [-0.3, -0.25) is 0 Å². The van der Waals surface area contributed by atoms with Crippen LogP contribution in [0.1, 0.15) is 6.92 Å². The average Bonchev–Trinajstić information content (AvgIpc) is 2.68. The van der Waals surface area contributed by atoms with E-state index in [4.69, 9.17) is 19.9 Å². The number of rotatable bonds is 7. The third-order valence-corrected chi connectivity index (χ3v) is 3.84. The standard InChI is InChI=1S/C20H22N4O3/c1-4-27-14-7-5-13(6-8-14)20-23-18(21)12-19(24-20)22-16-10-9-15(25-2)11-17(16)26-3/h5-12H,4H2,1-3H3,(H3,21,22,23,24). The van der Waals surface area contributed by atoms with Crippen LogP contribution >= 0.6 is 0 Å². The summed E-state index contributed by atoms with van der Waals surface area (Å²) in [7, 11) is 3.20. The van der Waals surface area contributed by atoms with Crippen molar-refractivity contribution in [3.63, 3.8) is 0 Å². The first-order valence-corrected chi connectivity index (χ1v) is 8.49. The molecule has 0 spiro atoms. The summed E-state index contributed by atoms with van der Waals surface area (Å²) < 4.78 is 16.1. The predicted octanol–water partition coefficient (Wildman–Crippen LogP) is 3.89. The van der Waals surface area contributed by atoms with Gasteiger partial charge < -0.3 is 25.3 Å². The van der Waals surface area contributed by atoms with Gasteiger partial charge in [0, 0.05) is 17.7 Å². The highest BCUT2D eigenvalue weighted by molar-refractivity contribution is 5.69. The van der Waals surface area contributed by atoms with E-state index >= 15 is 0 Å². The molecule has 140 valence electrons. The molecule has 0 fully saturated rings. The minimum atomic E-state index is 0.365. The lowest BCUT2D eigenvalue weighted by Gasteiger charge is -2.13. The lowest BCUT2D eigenvalue weighted by atomic mass is 10.2. The van der Waals surface area contributed by atoms with Gasteiger partial charge in [0.05, 0.1) is 26.5 Å². The largest absolute Gasteiger partial charge is 0.497 e. The normalized spacial score (nSPS) is 10.3. The Morgan fingerprint density at radius 3 is 2.33 bits per heavy atom. The van der Waals surface area contributed by atoms with Crippen LogP contribution in [0.3, 0.4) is 0 Å². The third-order valence-electron chi connectivity index (χ3n) is 3.84. The monoisotopic (exact) mass is 366 g/mol. The summed E-state index contributed by atoms with van der Waals surface area (Å²) in [4.78, 5) is 8.89. The summed E-state index contributed by atoms with van der Waals surface area (Å²) in [6, 6.07) is 14.7. The van der Waals surface area contributed by atoms with E-state index in [2.05, 4.69) is 15.3 Å². The molecule has 1 heterocycles. The maximum Gasteiger partial charge on any atom is 0.163 e. The Hall–Kier alpha value is -3.48. The van der Waals surface area contributed by atoms with Gasteiger partial charge in [0.1, 0.15) is 28.9 Å². The minimum Gasteiger partial charge on any atom is -0.497 e. The summed E-state index contributed by atoms with van der Waals surface area (Å²) >= 11 is 0. The van der Waals surface area contributed by atoms with Gasteiger partial charge in [0.2, 0.25) is 0 Å². The molecule has 0 aliphatic heterocycles. The van der Waals surface area contributed by atoms with Crippen LogP contribution in [0.4, 0.5) is 17.3 Å².